The summed E-state index contributed by atoms with van der Waals surface area (Å²) in [4.78, 5) is 4.15. The average Bonchev–Trinajstić information content (AvgIpc) is 2.74. The number of anilines is 1. The van der Waals surface area contributed by atoms with Gasteiger partial charge in [-0.05, 0) is 33.6 Å². The van der Waals surface area contributed by atoms with Gasteiger partial charge in [0.15, 0.2) is 5.13 Å². The van der Waals surface area contributed by atoms with E-state index in [0.29, 0.717) is 10.5 Å². The topological polar surface area (TPSA) is 59.1 Å². The first kappa shape index (κ1) is 14.0. The maximum Gasteiger partial charge on any atom is 0.263 e. The van der Waals surface area contributed by atoms with Crippen molar-refractivity contribution < 1.29 is 8.42 Å². The fraction of sp³-hybridized carbons (Fsp3) is 0.100. The Labute approximate surface area is 126 Å². The van der Waals surface area contributed by atoms with E-state index in [1.807, 2.05) is 0 Å². The normalized spacial score (nSPS) is 11.4. The number of thiazole rings is 1. The van der Waals surface area contributed by atoms with Gasteiger partial charge in [-0.15, -0.1) is 0 Å². The second-order valence-electron chi connectivity index (χ2n) is 3.35. The van der Waals surface area contributed by atoms with Crippen LogP contribution in [0, 0.1) is 0 Å². The quantitative estimate of drug-likeness (QED) is 0.781. The van der Waals surface area contributed by atoms with E-state index in [-0.39, 0.29) is 4.90 Å². The maximum atomic E-state index is 12.0. The molecule has 0 aliphatic carbocycles. The number of hydrogen-bond donors (Lipinski definition) is 1. The van der Waals surface area contributed by atoms with Crippen molar-refractivity contribution in [2.75, 3.05) is 4.72 Å². The molecule has 0 unspecified atom stereocenters. The first-order chi connectivity index (χ1) is 8.51. The fourth-order valence-electron chi connectivity index (χ4n) is 1.23. The Balaban J connectivity index is 2.24. The van der Waals surface area contributed by atoms with Gasteiger partial charge in [-0.25, -0.2) is 13.4 Å². The van der Waals surface area contributed by atoms with Gasteiger partial charge in [-0.3, -0.25) is 4.72 Å². The third-order valence-electron chi connectivity index (χ3n) is 2.09. The molecule has 18 heavy (non-hydrogen) atoms. The zero-order valence-electron chi connectivity index (χ0n) is 8.93. The lowest BCUT2D eigenvalue weighted by Gasteiger charge is -2.05. The van der Waals surface area contributed by atoms with Crippen molar-refractivity contribution in [2.24, 2.45) is 0 Å². The van der Waals surface area contributed by atoms with E-state index in [1.165, 1.54) is 11.3 Å². The van der Waals surface area contributed by atoms with E-state index in [2.05, 4.69) is 41.6 Å². The molecule has 4 nitrogen and oxygen atoms in total. The summed E-state index contributed by atoms with van der Waals surface area (Å²) >= 11 is 7.77. The molecule has 2 aromatic rings. The Morgan fingerprint density at radius 3 is 2.44 bits per heavy atom. The van der Waals surface area contributed by atoms with Crippen LogP contribution in [0.15, 0.2) is 39.1 Å². The summed E-state index contributed by atoms with van der Waals surface area (Å²) in [6, 6.07) is 6.67. The molecule has 0 amide bonds. The predicted molar refractivity (Wildman–Crippen MR) is 79.7 cm³/mol. The highest BCUT2D eigenvalue weighted by Gasteiger charge is 2.15. The molecule has 96 valence electrons. The molecule has 0 aliphatic rings. The van der Waals surface area contributed by atoms with Crippen LogP contribution in [0.4, 0.5) is 5.13 Å². The largest absolute Gasteiger partial charge is 0.263 e. The van der Waals surface area contributed by atoms with Gasteiger partial charge >= 0.3 is 0 Å². The van der Waals surface area contributed by atoms with Crippen LogP contribution in [0.3, 0.4) is 0 Å². The van der Waals surface area contributed by atoms with Crippen LogP contribution < -0.4 is 4.72 Å². The third-order valence-corrected chi connectivity index (χ3v) is 5.61. The van der Waals surface area contributed by atoms with Crippen LogP contribution in [-0.2, 0) is 15.4 Å². The van der Waals surface area contributed by atoms with Gasteiger partial charge in [-0.2, -0.15) is 0 Å². The summed E-state index contributed by atoms with van der Waals surface area (Å²) in [5, 5.41) is 1.03. The van der Waals surface area contributed by atoms with Crippen LogP contribution in [0.25, 0.3) is 0 Å². The van der Waals surface area contributed by atoms with Crippen molar-refractivity contribution in [2.45, 2.75) is 10.2 Å². The molecule has 2 rings (SSSR count). The highest BCUT2D eigenvalue weighted by atomic mass is 79.9. The van der Waals surface area contributed by atoms with Crippen molar-refractivity contribution >= 4 is 58.4 Å². The Kier molecular flexibility index (Phi) is 4.41. The van der Waals surface area contributed by atoms with E-state index in [4.69, 9.17) is 0 Å². The van der Waals surface area contributed by atoms with E-state index in [9.17, 15) is 8.42 Å². The molecule has 0 fully saturated rings. The minimum absolute atomic E-state index is 0.221. The molecular formula is C10H8Br2N2O2S2. The second kappa shape index (κ2) is 5.68. The van der Waals surface area contributed by atoms with Gasteiger partial charge in [0.2, 0.25) is 0 Å². The van der Waals surface area contributed by atoms with Crippen LogP contribution in [0.1, 0.15) is 5.56 Å². The summed E-state index contributed by atoms with van der Waals surface area (Å²) in [5.41, 5.74) is 1.02. The molecule has 0 atom stereocenters. The number of aromatic nitrogens is 1. The molecule has 0 saturated carbocycles. The summed E-state index contributed by atoms with van der Waals surface area (Å²) in [5.74, 6) is 0. The maximum absolute atomic E-state index is 12.0. The standard InChI is InChI=1S/C10H8Br2N2O2S2/c11-5-7-1-3-8(4-2-7)18(15,16)14-10-13-6-9(12)17-10/h1-4,6H,5H2,(H,13,14). The third kappa shape index (κ3) is 3.31. The monoisotopic (exact) mass is 410 g/mol. The first-order valence-corrected chi connectivity index (χ1v) is 9.02. The SMILES string of the molecule is O=S(=O)(Nc1ncc(Br)s1)c1ccc(CBr)cc1. The molecule has 1 heterocycles. The molecule has 0 bridgehead atoms. The van der Waals surface area contributed by atoms with Crippen LogP contribution in [-0.4, -0.2) is 13.4 Å². The van der Waals surface area contributed by atoms with Crippen molar-refractivity contribution in [3.8, 4) is 0 Å². The Morgan fingerprint density at radius 2 is 1.94 bits per heavy atom. The number of nitrogens with one attached hydrogen (secondary N) is 1. The summed E-state index contributed by atoms with van der Waals surface area (Å²) in [7, 11) is -3.56. The molecule has 1 aromatic carbocycles. The van der Waals surface area contributed by atoms with Crippen LogP contribution in [0.2, 0.25) is 0 Å². The zero-order chi connectivity index (χ0) is 13.2. The van der Waals surface area contributed by atoms with Gasteiger partial charge in [0, 0.05) is 5.33 Å². The van der Waals surface area contributed by atoms with E-state index >= 15 is 0 Å². The fourth-order valence-corrected chi connectivity index (χ4v) is 3.96. The van der Waals surface area contributed by atoms with E-state index in [0.717, 1.165) is 9.35 Å². The van der Waals surface area contributed by atoms with Crippen LogP contribution in [0.5, 0.6) is 0 Å². The van der Waals surface area contributed by atoms with Crippen LogP contribution >= 0.6 is 43.2 Å². The average molecular weight is 412 g/mol. The minimum atomic E-state index is -3.56. The molecule has 1 N–H and O–H groups in total. The summed E-state index contributed by atoms with van der Waals surface area (Å²) in [6.45, 7) is 0. The van der Waals surface area contributed by atoms with Crippen molar-refractivity contribution in [1.82, 2.24) is 4.98 Å². The van der Waals surface area contributed by atoms with Gasteiger partial charge < -0.3 is 0 Å². The molecule has 0 radical (unpaired) electrons. The minimum Gasteiger partial charge on any atom is -0.255 e. The highest BCUT2D eigenvalue weighted by molar-refractivity contribution is 9.11. The number of rotatable bonds is 4. The molecule has 8 heteroatoms. The van der Waals surface area contributed by atoms with E-state index < -0.39 is 10.0 Å². The van der Waals surface area contributed by atoms with E-state index in [1.54, 1.807) is 30.5 Å². The number of sulfonamides is 1. The van der Waals surface area contributed by atoms with Gasteiger partial charge in [0.1, 0.15) is 0 Å². The Morgan fingerprint density at radius 1 is 1.28 bits per heavy atom. The number of hydrogen-bond acceptors (Lipinski definition) is 4. The smallest absolute Gasteiger partial charge is 0.255 e. The number of halogens is 2. The first-order valence-electron chi connectivity index (χ1n) is 4.80. The van der Waals surface area contributed by atoms with Crippen molar-refractivity contribution in [3.05, 3.63) is 39.8 Å². The van der Waals surface area contributed by atoms with Gasteiger partial charge in [0.05, 0.1) is 14.9 Å². The van der Waals surface area contributed by atoms with Gasteiger partial charge in [-0.1, -0.05) is 39.4 Å². The highest BCUT2D eigenvalue weighted by Crippen LogP contribution is 2.25. The Bertz CT molecular complexity index is 638. The lowest BCUT2D eigenvalue weighted by atomic mass is 10.2. The molecule has 0 aliphatic heterocycles. The second-order valence-corrected chi connectivity index (χ2v) is 8.01. The molecule has 1 aromatic heterocycles. The lowest BCUT2D eigenvalue weighted by Crippen LogP contribution is -2.12. The molecular weight excluding hydrogens is 404 g/mol. The number of benzene rings is 1. The lowest BCUT2D eigenvalue weighted by molar-refractivity contribution is 0.601. The number of nitrogens with zero attached hydrogens (tertiary/aromatic N) is 1. The summed E-state index contributed by atoms with van der Waals surface area (Å²) in [6.07, 6.45) is 1.55. The summed E-state index contributed by atoms with van der Waals surface area (Å²) < 4.78 is 27.3. The number of alkyl halides is 1. The molecule has 0 spiro atoms. The Hall–Kier alpha value is -0.440. The van der Waals surface area contributed by atoms with Crippen molar-refractivity contribution in [3.63, 3.8) is 0 Å². The van der Waals surface area contributed by atoms with Crippen molar-refractivity contribution in [1.29, 1.82) is 0 Å². The van der Waals surface area contributed by atoms with Gasteiger partial charge in [0.25, 0.3) is 10.0 Å². The zero-order valence-corrected chi connectivity index (χ0v) is 13.7. The predicted octanol–water partition coefficient (Wildman–Crippen LogP) is 3.60. The molecule has 0 saturated heterocycles.